The van der Waals surface area contributed by atoms with Gasteiger partial charge in [0.2, 0.25) is 0 Å². The number of rotatable bonds is 3. The van der Waals surface area contributed by atoms with E-state index in [1.807, 2.05) is 11.1 Å². The van der Waals surface area contributed by atoms with E-state index in [4.69, 9.17) is 4.74 Å². The largest absolute Gasteiger partial charge is 0.381 e. The van der Waals surface area contributed by atoms with Gasteiger partial charge in [-0.05, 0) is 51.0 Å². The van der Waals surface area contributed by atoms with Crippen molar-refractivity contribution in [3.8, 4) is 0 Å². The number of guanidine groups is 1. The predicted molar refractivity (Wildman–Crippen MR) is 110 cm³/mol. The first-order valence-electron chi connectivity index (χ1n) is 11.0. The third-order valence-corrected chi connectivity index (χ3v) is 6.84. The van der Waals surface area contributed by atoms with Crippen LogP contribution in [0, 0.1) is 5.92 Å². The van der Waals surface area contributed by atoms with Crippen LogP contribution in [0.25, 0.3) is 0 Å². The van der Waals surface area contributed by atoms with E-state index in [-0.39, 0.29) is 17.6 Å². The van der Waals surface area contributed by atoms with Crippen molar-refractivity contribution in [1.29, 1.82) is 0 Å². The molecule has 4 rings (SSSR count). The first-order chi connectivity index (χ1) is 13.5. The number of nitrogens with zero attached hydrogens (tertiary/aromatic N) is 2. The van der Waals surface area contributed by atoms with E-state index in [1.54, 1.807) is 0 Å². The number of likely N-dealkylation sites (tertiary alicyclic amines) is 1. The molecule has 0 spiro atoms. The van der Waals surface area contributed by atoms with Gasteiger partial charge in [-0.15, -0.1) is 0 Å². The summed E-state index contributed by atoms with van der Waals surface area (Å²) in [6.07, 6.45) is 10.4. The molecule has 28 heavy (non-hydrogen) atoms. The minimum atomic E-state index is -0.331. The molecule has 7 nitrogen and oxygen atoms in total. The summed E-state index contributed by atoms with van der Waals surface area (Å²) < 4.78 is 5.43. The van der Waals surface area contributed by atoms with E-state index >= 15 is 0 Å². The van der Waals surface area contributed by atoms with Crippen molar-refractivity contribution in [2.75, 3.05) is 26.3 Å². The second kappa shape index (κ2) is 8.31. The third kappa shape index (κ3) is 4.14. The summed E-state index contributed by atoms with van der Waals surface area (Å²) in [5.41, 5.74) is 0.847. The fourth-order valence-corrected chi connectivity index (χ4v) is 4.97. The lowest BCUT2D eigenvalue weighted by molar-refractivity contribution is 0.0822. The molecule has 7 heteroatoms. The highest BCUT2D eigenvalue weighted by molar-refractivity contribution is 5.84. The van der Waals surface area contributed by atoms with Gasteiger partial charge < -0.3 is 25.6 Å². The van der Waals surface area contributed by atoms with E-state index in [0.29, 0.717) is 18.5 Å². The fraction of sp³-hybridized carbons (Fsp3) is 0.810. The van der Waals surface area contributed by atoms with Gasteiger partial charge in [-0.25, -0.2) is 9.79 Å². The van der Waals surface area contributed by atoms with Crippen molar-refractivity contribution in [2.45, 2.75) is 76.4 Å². The van der Waals surface area contributed by atoms with Crippen LogP contribution in [0.1, 0.15) is 58.8 Å². The van der Waals surface area contributed by atoms with Crippen molar-refractivity contribution < 1.29 is 9.53 Å². The molecule has 1 aliphatic carbocycles. The Bertz CT molecular complexity index is 633. The van der Waals surface area contributed by atoms with Gasteiger partial charge in [0.15, 0.2) is 5.96 Å². The van der Waals surface area contributed by atoms with Crippen LogP contribution in [0.5, 0.6) is 0 Å². The number of amides is 2. The van der Waals surface area contributed by atoms with Crippen LogP contribution in [-0.2, 0) is 4.74 Å². The van der Waals surface area contributed by atoms with E-state index in [1.165, 1.54) is 37.7 Å². The Hall–Kier alpha value is -1.76. The van der Waals surface area contributed by atoms with Crippen LogP contribution >= 0.6 is 0 Å². The summed E-state index contributed by atoms with van der Waals surface area (Å²) in [4.78, 5) is 19.5. The van der Waals surface area contributed by atoms with Gasteiger partial charge in [-0.2, -0.15) is 0 Å². The van der Waals surface area contributed by atoms with Crippen molar-refractivity contribution in [3.63, 3.8) is 0 Å². The monoisotopic (exact) mass is 389 g/mol. The minimum Gasteiger partial charge on any atom is -0.381 e. The Labute approximate surface area is 168 Å². The van der Waals surface area contributed by atoms with Gasteiger partial charge in [0.25, 0.3) is 0 Å². The second-order valence-corrected chi connectivity index (χ2v) is 9.15. The molecular weight excluding hydrogens is 354 g/mol. The van der Waals surface area contributed by atoms with E-state index in [9.17, 15) is 4.79 Å². The molecule has 0 radical (unpaired) electrons. The van der Waals surface area contributed by atoms with Gasteiger partial charge in [0.05, 0.1) is 11.6 Å². The highest BCUT2D eigenvalue weighted by Crippen LogP contribution is 2.35. The predicted octanol–water partition coefficient (Wildman–Crippen LogP) is 2.35. The number of carbonyl (C=O) groups is 1. The van der Waals surface area contributed by atoms with Gasteiger partial charge in [0, 0.05) is 38.5 Å². The molecule has 0 aromatic rings. The molecule has 156 valence electrons. The zero-order chi connectivity index (χ0) is 19.6. The number of hydrogen-bond acceptors (Lipinski definition) is 5. The second-order valence-electron chi connectivity index (χ2n) is 9.15. The first kappa shape index (κ1) is 19.6. The van der Waals surface area contributed by atoms with Crippen molar-refractivity contribution in [1.82, 2.24) is 20.9 Å². The quantitative estimate of drug-likeness (QED) is 0.692. The maximum absolute atomic E-state index is 12.9. The Balaban J connectivity index is 1.34. The normalized spacial score (nSPS) is 28.1. The molecule has 0 aromatic carbocycles. The van der Waals surface area contributed by atoms with Crippen LogP contribution in [0.3, 0.4) is 0 Å². The van der Waals surface area contributed by atoms with Crippen molar-refractivity contribution >= 4 is 12.0 Å². The number of ether oxygens (including phenoxy) is 1. The summed E-state index contributed by atoms with van der Waals surface area (Å²) in [6, 6.07) is 0.571. The van der Waals surface area contributed by atoms with Gasteiger partial charge in [-0.1, -0.05) is 19.3 Å². The highest BCUT2D eigenvalue weighted by Gasteiger charge is 2.47. The zero-order valence-electron chi connectivity index (χ0n) is 17.3. The van der Waals surface area contributed by atoms with E-state index < -0.39 is 0 Å². The zero-order valence-corrected chi connectivity index (χ0v) is 17.3. The Morgan fingerprint density at radius 3 is 2.75 bits per heavy atom. The Kier molecular flexibility index (Phi) is 5.80. The molecule has 3 aliphatic heterocycles. The molecular formula is C21H35N5O2. The van der Waals surface area contributed by atoms with Crippen LogP contribution < -0.4 is 16.0 Å². The molecule has 1 saturated carbocycles. The maximum atomic E-state index is 12.9. The summed E-state index contributed by atoms with van der Waals surface area (Å²) in [5.74, 6) is 1.46. The molecule has 4 aliphatic rings. The number of carbonyl (C=O) groups excluding carboxylic acids is 1. The number of fused-ring (bicyclic) bond motifs is 1. The molecule has 2 amide bonds. The number of aliphatic imine (C=N–C) groups is 1. The van der Waals surface area contributed by atoms with E-state index in [2.05, 4.69) is 34.8 Å². The summed E-state index contributed by atoms with van der Waals surface area (Å²) in [5, 5.41) is 10.2. The lowest BCUT2D eigenvalue weighted by Crippen LogP contribution is -2.51. The van der Waals surface area contributed by atoms with Gasteiger partial charge >= 0.3 is 6.03 Å². The average Bonchev–Trinajstić information content (AvgIpc) is 2.98. The molecule has 3 N–H and O–H groups in total. The number of hydrogen-bond donors (Lipinski definition) is 3. The molecule has 3 heterocycles. The summed E-state index contributed by atoms with van der Waals surface area (Å²) in [7, 11) is 0. The SMILES string of the molecule is CC1(C)C2=CN=C(NC3CCOCC3)NC2CN1C(=O)NCC1CCCCC1. The standard InChI is InChI=1S/C21H35N5O2/c1-21(2)17-13-22-19(24-16-8-10-28-11-9-16)25-18(17)14-26(21)20(27)23-12-15-6-4-3-5-7-15/h13,15-16,18H,3-12,14H2,1-2H3,(H,23,27)(H2,22,24,25). The summed E-state index contributed by atoms with van der Waals surface area (Å²) >= 11 is 0. The van der Waals surface area contributed by atoms with Crippen molar-refractivity contribution in [3.05, 3.63) is 11.8 Å². The molecule has 0 bridgehead atoms. The number of nitrogens with one attached hydrogen (secondary N) is 3. The summed E-state index contributed by atoms with van der Waals surface area (Å²) in [6.45, 7) is 7.31. The molecule has 3 fully saturated rings. The molecule has 0 aromatic heterocycles. The minimum absolute atomic E-state index is 0.0478. The Morgan fingerprint density at radius 2 is 2.00 bits per heavy atom. The lowest BCUT2D eigenvalue weighted by atomic mass is 9.89. The van der Waals surface area contributed by atoms with Crippen LogP contribution in [-0.4, -0.2) is 60.8 Å². The molecule has 1 unspecified atom stereocenters. The smallest absolute Gasteiger partial charge is 0.318 e. The number of urea groups is 1. The van der Waals surface area contributed by atoms with Crippen LogP contribution in [0.15, 0.2) is 16.8 Å². The first-order valence-corrected chi connectivity index (χ1v) is 11.0. The molecule has 2 saturated heterocycles. The topological polar surface area (TPSA) is 78.0 Å². The van der Waals surface area contributed by atoms with Crippen molar-refractivity contribution in [2.24, 2.45) is 10.9 Å². The van der Waals surface area contributed by atoms with Crippen LogP contribution in [0.2, 0.25) is 0 Å². The molecule has 1 atom stereocenters. The van der Waals surface area contributed by atoms with Gasteiger partial charge in [-0.3, -0.25) is 0 Å². The third-order valence-electron chi connectivity index (χ3n) is 6.84. The van der Waals surface area contributed by atoms with E-state index in [0.717, 1.165) is 38.6 Å². The van der Waals surface area contributed by atoms with Crippen LogP contribution in [0.4, 0.5) is 4.79 Å². The highest BCUT2D eigenvalue weighted by atomic mass is 16.5. The van der Waals surface area contributed by atoms with Gasteiger partial charge in [0.1, 0.15) is 0 Å². The average molecular weight is 390 g/mol. The fourth-order valence-electron chi connectivity index (χ4n) is 4.97. The maximum Gasteiger partial charge on any atom is 0.318 e. The lowest BCUT2D eigenvalue weighted by Gasteiger charge is -2.33. The Morgan fingerprint density at radius 1 is 1.25 bits per heavy atom.